The van der Waals surface area contributed by atoms with Gasteiger partial charge in [0, 0.05) is 11.6 Å². The Hall–Kier alpha value is -1.75. The summed E-state index contributed by atoms with van der Waals surface area (Å²) in [5.41, 5.74) is 6.06. The molecule has 0 saturated carbocycles. The molecular weight excluding hydrogens is 223 g/mol. The molecule has 0 bridgehead atoms. The number of phenols is 1. The lowest BCUT2D eigenvalue weighted by Crippen LogP contribution is -1.83. The van der Waals surface area contributed by atoms with Crippen LogP contribution in [-0.2, 0) is 0 Å². The SMILES string of the molecule is Nc1cc(-c2cc(F)c(O)c(Cl)c2)no1. The van der Waals surface area contributed by atoms with Gasteiger partial charge in [-0.3, -0.25) is 0 Å². The second kappa shape index (κ2) is 3.43. The van der Waals surface area contributed by atoms with Crippen LogP contribution in [0.1, 0.15) is 0 Å². The molecule has 15 heavy (non-hydrogen) atoms. The van der Waals surface area contributed by atoms with E-state index in [1.54, 1.807) is 0 Å². The Balaban J connectivity index is 2.55. The van der Waals surface area contributed by atoms with Gasteiger partial charge in [-0.25, -0.2) is 4.39 Å². The largest absolute Gasteiger partial charge is 0.504 e. The van der Waals surface area contributed by atoms with Crippen molar-refractivity contribution >= 4 is 17.5 Å². The molecule has 0 aliphatic heterocycles. The fourth-order valence-corrected chi connectivity index (χ4v) is 1.35. The van der Waals surface area contributed by atoms with Crippen LogP contribution in [0, 0.1) is 5.82 Å². The third-order valence-electron chi connectivity index (χ3n) is 1.84. The van der Waals surface area contributed by atoms with E-state index >= 15 is 0 Å². The number of aromatic hydroxyl groups is 1. The summed E-state index contributed by atoms with van der Waals surface area (Å²) in [6, 6.07) is 3.90. The lowest BCUT2D eigenvalue weighted by molar-refractivity contribution is 0.432. The molecule has 0 radical (unpaired) electrons. The van der Waals surface area contributed by atoms with Crippen molar-refractivity contribution in [3.63, 3.8) is 0 Å². The summed E-state index contributed by atoms with van der Waals surface area (Å²) in [6.07, 6.45) is 0. The van der Waals surface area contributed by atoms with Crippen molar-refractivity contribution in [2.75, 3.05) is 5.73 Å². The van der Waals surface area contributed by atoms with Crippen molar-refractivity contribution < 1.29 is 14.0 Å². The number of nitrogen functional groups attached to an aromatic ring is 1. The van der Waals surface area contributed by atoms with E-state index in [0.717, 1.165) is 6.07 Å². The maximum Gasteiger partial charge on any atom is 0.222 e. The fraction of sp³-hybridized carbons (Fsp3) is 0. The van der Waals surface area contributed by atoms with E-state index in [1.807, 2.05) is 0 Å². The normalized spacial score (nSPS) is 10.5. The molecule has 3 N–H and O–H groups in total. The maximum atomic E-state index is 13.1. The molecule has 1 aromatic heterocycles. The van der Waals surface area contributed by atoms with E-state index < -0.39 is 11.6 Å². The van der Waals surface area contributed by atoms with Crippen molar-refractivity contribution in [3.8, 4) is 17.0 Å². The highest BCUT2D eigenvalue weighted by molar-refractivity contribution is 6.32. The van der Waals surface area contributed by atoms with Gasteiger partial charge in [0.05, 0.1) is 5.02 Å². The molecule has 2 rings (SSSR count). The van der Waals surface area contributed by atoms with E-state index in [4.69, 9.17) is 22.4 Å². The van der Waals surface area contributed by atoms with Gasteiger partial charge in [0.15, 0.2) is 11.6 Å². The molecule has 1 heterocycles. The van der Waals surface area contributed by atoms with Gasteiger partial charge in [0.1, 0.15) is 5.69 Å². The van der Waals surface area contributed by atoms with Crippen molar-refractivity contribution in [3.05, 3.63) is 29.0 Å². The number of anilines is 1. The average Bonchev–Trinajstić information content (AvgIpc) is 2.60. The number of rotatable bonds is 1. The van der Waals surface area contributed by atoms with Gasteiger partial charge < -0.3 is 15.4 Å². The van der Waals surface area contributed by atoms with Gasteiger partial charge in [-0.2, -0.15) is 0 Å². The number of nitrogens with two attached hydrogens (primary N) is 1. The van der Waals surface area contributed by atoms with Crippen LogP contribution in [0.2, 0.25) is 5.02 Å². The monoisotopic (exact) mass is 228 g/mol. The molecule has 1 aromatic carbocycles. The first-order valence-corrected chi connectivity index (χ1v) is 4.36. The van der Waals surface area contributed by atoms with Gasteiger partial charge in [0.25, 0.3) is 0 Å². The Morgan fingerprint density at radius 3 is 2.67 bits per heavy atom. The first-order valence-electron chi connectivity index (χ1n) is 3.98. The van der Waals surface area contributed by atoms with Crippen molar-refractivity contribution in [1.29, 1.82) is 0 Å². The molecule has 0 amide bonds. The number of phenolic OH excluding ortho intramolecular Hbond substituents is 1. The minimum Gasteiger partial charge on any atom is -0.504 e. The van der Waals surface area contributed by atoms with Crippen molar-refractivity contribution in [1.82, 2.24) is 5.16 Å². The van der Waals surface area contributed by atoms with Crippen molar-refractivity contribution in [2.45, 2.75) is 0 Å². The van der Waals surface area contributed by atoms with Crippen molar-refractivity contribution in [2.24, 2.45) is 0 Å². The van der Waals surface area contributed by atoms with E-state index in [-0.39, 0.29) is 10.9 Å². The summed E-state index contributed by atoms with van der Waals surface area (Å²) < 4.78 is 17.7. The van der Waals surface area contributed by atoms with Crippen LogP contribution in [0.15, 0.2) is 22.7 Å². The first-order chi connectivity index (χ1) is 7.08. The molecular formula is C9H6ClFN2O2. The molecule has 0 atom stereocenters. The zero-order valence-electron chi connectivity index (χ0n) is 7.37. The number of hydrogen-bond acceptors (Lipinski definition) is 4. The molecule has 0 unspecified atom stereocenters. The molecule has 78 valence electrons. The van der Waals surface area contributed by atoms with E-state index in [0.29, 0.717) is 11.3 Å². The topological polar surface area (TPSA) is 72.3 Å². The standard InChI is InChI=1S/C9H6ClFN2O2/c10-5-1-4(2-6(11)9(5)14)7-3-8(12)15-13-7/h1-3,14H,12H2. The molecule has 0 spiro atoms. The molecule has 0 aliphatic rings. The molecule has 2 aromatic rings. The minimum atomic E-state index is -0.820. The van der Waals surface area contributed by atoms with Gasteiger partial charge in [-0.1, -0.05) is 16.8 Å². The van der Waals surface area contributed by atoms with E-state index in [2.05, 4.69) is 9.68 Å². The van der Waals surface area contributed by atoms with Gasteiger partial charge in [-0.05, 0) is 12.1 Å². The summed E-state index contributed by atoms with van der Waals surface area (Å²) in [4.78, 5) is 0. The Bertz CT molecular complexity index is 490. The van der Waals surface area contributed by atoms with Gasteiger partial charge in [0.2, 0.25) is 5.88 Å². The zero-order valence-corrected chi connectivity index (χ0v) is 8.12. The third kappa shape index (κ3) is 1.73. The molecule has 6 heteroatoms. The van der Waals surface area contributed by atoms with Crippen LogP contribution in [-0.4, -0.2) is 10.3 Å². The molecule has 0 saturated heterocycles. The molecule has 0 fully saturated rings. The van der Waals surface area contributed by atoms with Crippen LogP contribution in [0.5, 0.6) is 5.75 Å². The van der Waals surface area contributed by atoms with E-state index in [1.165, 1.54) is 12.1 Å². The number of aromatic nitrogens is 1. The van der Waals surface area contributed by atoms with Gasteiger partial charge >= 0.3 is 0 Å². The number of halogens is 2. The van der Waals surface area contributed by atoms with Crippen LogP contribution < -0.4 is 5.73 Å². The number of hydrogen-bond donors (Lipinski definition) is 2. The summed E-state index contributed by atoms with van der Waals surface area (Å²) in [5, 5.41) is 12.6. The fourth-order valence-electron chi connectivity index (χ4n) is 1.14. The lowest BCUT2D eigenvalue weighted by atomic mass is 10.1. The highest BCUT2D eigenvalue weighted by Crippen LogP contribution is 2.32. The third-order valence-corrected chi connectivity index (χ3v) is 2.13. The second-order valence-electron chi connectivity index (χ2n) is 2.90. The Morgan fingerprint density at radius 2 is 2.13 bits per heavy atom. The van der Waals surface area contributed by atoms with Crippen LogP contribution in [0.4, 0.5) is 10.3 Å². The smallest absolute Gasteiger partial charge is 0.222 e. The summed E-state index contributed by atoms with van der Waals surface area (Å²) in [6.45, 7) is 0. The minimum absolute atomic E-state index is 0.0911. The van der Waals surface area contributed by atoms with Gasteiger partial charge in [-0.15, -0.1) is 0 Å². The van der Waals surface area contributed by atoms with Crippen LogP contribution in [0.3, 0.4) is 0 Å². The summed E-state index contributed by atoms with van der Waals surface area (Å²) >= 11 is 5.60. The molecule has 4 nitrogen and oxygen atoms in total. The zero-order chi connectivity index (χ0) is 11.0. The predicted molar refractivity (Wildman–Crippen MR) is 53.0 cm³/mol. The highest BCUT2D eigenvalue weighted by atomic mass is 35.5. The van der Waals surface area contributed by atoms with Crippen LogP contribution in [0.25, 0.3) is 11.3 Å². The quantitative estimate of drug-likeness (QED) is 0.786. The van der Waals surface area contributed by atoms with E-state index in [9.17, 15) is 4.39 Å². The lowest BCUT2D eigenvalue weighted by Gasteiger charge is -2.01. The Morgan fingerprint density at radius 1 is 1.40 bits per heavy atom. The molecule has 0 aliphatic carbocycles. The summed E-state index contributed by atoms with van der Waals surface area (Å²) in [5.74, 6) is -1.29. The second-order valence-corrected chi connectivity index (χ2v) is 3.31. The number of benzene rings is 1. The first kappa shape index (κ1) is 9.79. The Labute approximate surface area is 89.1 Å². The Kier molecular flexibility index (Phi) is 2.24. The maximum absolute atomic E-state index is 13.1. The average molecular weight is 229 g/mol. The summed E-state index contributed by atoms with van der Waals surface area (Å²) in [7, 11) is 0. The number of nitrogens with zero attached hydrogens (tertiary/aromatic N) is 1. The predicted octanol–water partition coefficient (Wildman–Crippen LogP) is 2.42. The van der Waals surface area contributed by atoms with Crippen LogP contribution >= 0.6 is 11.6 Å². The highest BCUT2D eigenvalue weighted by Gasteiger charge is 2.11.